The molecule has 7 nitrogen and oxygen atoms in total. The van der Waals surface area contributed by atoms with Gasteiger partial charge in [-0.15, -0.1) is 0 Å². The second kappa shape index (κ2) is 10.5. The summed E-state index contributed by atoms with van der Waals surface area (Å²) in [4.78, 5) is 38.2. The average molecular weight is 376 g/mol. The SMILES string of the molecule is CCCCOC(=O)CC1C(=O)NCCN1C(=O)COc1cccc(CC)c1. The maximum absolute atomic E-state index is 12.6. The molecule has 7 heteroatoms. The van der Waals surface area contributed by atoms with Crippen LogP contribution in [0.2, 0.25) is 0 Å². The monoisotopic (exact) mass is 376 g/mol. The van der Waals surface area contributed by atoms with Crippen LogP contribution in [0.4, 0.5) is 0 Å². The van der Waals surface area contributed by atoms with Gasteiger partial charge in [0.05, 0.1) is 13.0 Å². The molecule has 1 N–H and O–H groups in total. The highest BCUT2D eigenvalue weighted by Gasteiger charge is 2.35. The summed E-state index contributed by atoms with van der Waals surface area (Å²) in [6.07, 6.45) is 2.42. The Balaban J connectivity index is 1.94. The summed E-state index contributed by atoms with van der Waals surface area (Å²) < 4.78 is 10.7. The molecule has 0 aromatic heterocycles. The van der Waals surface area contributed by atoms with Crippen LogP contribution >= 0.6 is 0 Å². The molecule has 1 aliphatic rings. The number of hydrogen-bond donors (Lipinski definition) is 1. The lowest BCUT2D eigenvalue weighted by Gasteiger charge is -2.34. The number of piperazine rings is 1. The fourth-order valence-corrected chi connectivity index (χ4v) is 2.85. The average Bonchev–Trinajstić information content (AvgIpc) is 2.68. The maximum atomic E-state index is 12.6. The molecule has 27 heavy (non-hydrogen) atoms. The van der Waals surface area contributed by atoms with Crippen LogP contribution in [0.15, 0.2) is 24.3 Å². The van der Waals surface area contributed by atoms with Crippen molar-refractivity contribution in [1.29, 1.82) is 0 Å². The smallest absolute Gasteiger partial charge is 0.308 e. The third-order valence-corrected chi connectivity index (χ3v) is 4.44. The maximum Gasteiger partial charge on any atom is 0.308 e. The van der Waals surface area contributed by atoms with Crippen LogP contribution in [-0.2, 0) is 25.5 Å². The first kappa shape index (κ1) is 20.7. The van der Waals surface area contributed by atoms with Gasteiger partial charge < -0.3 is 19.7 Å². The van der Waals surface area contributed by atoms with E-state index in [1.807, 2.05) is 32.0 Å². The summed E-state index contributed by atoms with van der Waals surface area (Å²) in [7, 11) is 0. The number of unbranched alkanes of at least 4 members (excludes halogenated alkanes) is 1. The zero-order chi connectivity index (χ0) is 19.6. The second-order valence-corrected chi connectivity index (χ2v) is 6.46. The van der Waals surface area contributed by atoms with Crippen molar-refractivity contribution in [2.45, 2.75) is 45.6 Å². The molecule has 1 aromatic rings. The summed E-state index contributed by atoms with van der Waals surface area (Å²) in [5, 5.41) is 2.70. The van der Waals surface area contributed by atoms with E-state index in [4.69, 9.17) is 9.47 Å². The molecule has 0 bridgehead atoms. The number of aryl methyl sites for hydroxylation is 1. The lowest BCUT2D eigenvalue weighted by molar-refractivity contribution is -0.152. The van der Waals surface area contributed by atoms with Gasteiger partial charge >= 0.3 is 5.97 Å². The molecule has 2 rings (SSSR count). The van der Waals surface area contributed by atoms with Crippen molar-refractivity contribution in [3.8, 4) is 5.75 Å². The molecule has 1 fully saturated rings. The number of nitrogens with zero attached hydrogens (tertiary/aromatic N) is 1. The van der Waals surface area contributed by atoms with E-state index in [0.717, 1.165) is 24.8 Å². The minimum Gasteiger partial charge on any atom is -0.484 e. The van der Waals surface area contributed by atoms with Crippen molar-refractivity contribution >= 4 is 17.8 Å². The van der Waals surface area contributed by atoms with Crippen LogP contribution in [-0.4, -0.2) is 55.0 Å². The fourth-order valence-electron chi connectivity index (χ4n) is 2.85. The van der Waals surface area contributed by atoms with Crippen molar-refractivity contribution in [1.82, 2.24) is 10.2 Å². The Morgan fingerprint density at radius 1 is 1.30 bits per heavy atom. The molecule has 1 saturated heterocycles. The van der Waals surface area contributed by atoms with E-state index in [2.05, 4.69) is 5.32 Å². The first-order valence-electron chi connectivity index (χ1n) is 9.49. The van der Waals surface area contributed by atoms with E-state index >= 15 is 0 Å². The standard InChI is InChI=1S/C20H28N2O5/c1-3-5-11-26-19(24)13-17-20(25)21-9-10-22(17)18(23)14-27-16-8-6-7-15(4-2)12-16/h6-8,12,17H,3-5,9-11,13-14H2,1-2H3,(H,21,25). The third kappa shape index (κ3) is 6.27. The number of hydrogen-bond acceptors (Lipinski definition) is 5. The third-order valence-electron chi connectivity index (χ3n) is 4.44. The largest absolute Gasteiger partial charge is 0.484 e. The van der Waals surface area contributed by atoms with E-state index in [0.29, 0.717) is 25.4 Å². The van der Waals surface area contributed by atoms with E-state index in [1.54, 1.807) is 6.07 Å². The van der Waals surface area contributed by atoms with Gasteiger partial charge in [-0.3, -0.25) is 14.4 Å². The van der Waals surface area contributed by atoms with Gasteiger partial charge in [0.2, 0.25) is 5.91 Å². The topological polar surface area (TPSA) is 84.9 Å². The Bertz CT molecular complexity index is 662. The van der Waals surface area contributed by atoms with Crippen molar-refractivity contribution in [2.75, 3.05) is 26.3 Å². The van der Waals surface area contributed by atoms with Crippen LogP contribution in [0.25, 0.3) is 0 Å². The fraction of sp³-hybridized carbons (Fsp3) is 0.550. The van der Waals surface area contributed by atoms with Gasteiger partial charge in [0.25, 0.3) is 5.91 Å². The highest BCUT2D eigenvalue weighted by molar-refractivity contribution is 5.92. The normalized spacial score (nSPS) is 16.6. The number of carbonyl (C=O) groups excluding carboxylic acids is 3. The van der Waals surface area contributed by atoms with Gasteiger partial charge in [0.1, 0.15) is 11.8 Å². The van der Waals surface area contributed by atoms with Crippen LogP contribution in [0.1, 0.15) is 38.7 Å². The molecular formula is C20H28N2O5. The number of esters is 1. The number of ether oxygens (including phenoxy) is 2. The van der Waals surface area contributed by atoms with Gasteiger partial charge in [0, 0.05) is 13.1 Å². The molecule has 1 aliphatic heterocycles. The number of carbonyl (C=O) groups is 3. The minimum atomic E-state index is -0.856. The second-order valence-electron chi connectivity index (χ2n) is 6.46. The minimum absolute atomic E-state index is 0.146. The molecule has 0 radical (unpaired) electrons. The molecule has 0 saturated carbocycles. The zero-order valence-electron chi connectivity index (χ0n) is 16.0. The Kier molecular flexibility index (Phi) is 8.10. The number of nitrogens with one attached hydrogen (secondary N) is 1. The number of rotatable bonds is 9. The Morgan fingerprint density at radius 3 is 2.85 bits per heavy atom. The lowest BCUT2D eigenvalue weighted by atomic mass is 10.1. The highest BCUT2D eigenvalue weighted by Crippen LogP contribution is 2.15. The molecule has 1 atom stereocenters. The predicted molar refractivity (Wildman–Crippen MR) is 100 cm³/mol. The summed E-state index contributed by atoms with van der Waals surface area (Å²) >= 11 is 0. The van der Waals surface area contributed by atoms with Crippen molar-refractivity contribution in [3.63, 3.8) is 0 Å². The molecule has 2 amide bonds. The predicted octanol–water partition coefficient (Wildman–Crippen LogP) is 1.69. The first-order valence-corrected chi connectivity index (χ1v) is 9.49. The molecular weight excluding hydrogens is 348 g/mol. The lowest BCUT2D eigenvalue weighted by Crippen LogP contribution is -2.58. The van der Waals surface area contributed by atoms with E-state index in [9.17, 15) is 14.4 Å². The van der Waals surface area contributed by atoms with Crippen LogP contribution in [0.3, 0.4) is 0 Å². The van der Waals surface area contributed by atoms with Gasteiger partial charge in [-0.05, 0) is 30.5 Å². The van der Waals surface area contributed by atoms with Gasteiger partial charge in [-0.1, -0.05) is 32.4 Å². The molecule has 148 valence electrons. The zero-order valence-corrected chi connectivity index (χ0v) is 16.0. The highest BCUT2D eigenvalue weighted by atomic mass is 16.5. The van der Waals surface area contributed by atoms with E-state index in [1.165, 1.54) is 4.90 Å². The Labute approximate surface area is 160 Å². The van der Waals surface area contributed by atoms with Gasteiger partial charge in [0.15, 0.2) is 6.61 Å². The Morgan fingerprint density at radius 2 is 2.11 bits per heavy atom. The van der Waals surface area contributed by atoms with Gasteiger partial charge in [-0.2, -0.15) is 0 Å². The van der Waals surface area contributed by atoms with Crippen LogP contribution in [0.5, 0.6) is 5.75 Å². The molecule has 1 heterocycles. The van der Waals surface area contributed by atoms with Crippen LogP contribution < -0.4 is 10.1 Å². The summed E-state index contributed by atoms with van der Waals surface area (Å²) in [5.74, 6) is -0.521. The van der Waals surface area contributed by atoms with Gasteiger partial charge in [-0.25, -0.2) is 0 Å². The van der Waals surface area contributed by atoms with Crippen molar-refractivity contribution in [2.24, 2.45) is 0 Å². The molecule has 0 aliphatic carbocycles. The molecule has 0 spiro atoms. The number of benzene rings is 1. The first-order chi connectivity index (χ1) is 13.0. The van der Waals surface area contributed by atoms with Crippen molar-refractivity contribution in [3.05, 3.63) is 29.8 Å². The van der Waals surface area contributed by atoms with Crippen molar-refractivity contribution < 1.29 is 23.9 Å². The quantitative estimate of drug-likeness (QED) is 0.524. The van der Waals surface area contributed by atoms with E-state index in [-0.39, 0.29) is 24.8 Å². The molecule has 1 unspecified atom stereocenters. The summed E-state index contributed by atoms with van der Waals surface area (Å²) in [5.41, 5.74) is 1.12. The Hall–Kier alpha value is -2.57. The number of amides is 2. The molecule has 1 aromatic carbocycles. The van der Waals surface area contributed by atoms with Crippen LogP contribution in [0, 0.1) is 0 Å². The summed E-state index contributed by atoms with van der Waals surface area (Å²) in [6.45, 7) is 4.89. The van der Waals surface area contributed by atoms with E-state index < -0.39 is 12.0 Å². The summed E-state index contributed by atoms with van der Waals surface area (Å²) in [6, 6.07) is 6.69.